The maximum atomic E-state index is 14.0. The van der Waals surface area contributed by atoms with E-state index in [4.69, 9.17) is 4.74 Å². The molecule has 0 spiro atoms. The Kier molecular flexibility index (Phi) is 6.63. The minimum Gasteiger partial charge on any atom is -0.453 e. The Morgan fingerprint density at radius 3 is 2.42 bits per heavy atom. The molecular weight excluding hydrogens is 486 g/mol. The van der Waals surface area contributed by atoms with Gasteiger partial charge in [-0.05, 0) is 42.5 Å². The number of carbonyl (C=O) groups is 2. The van der Waals surface area contributed by atoms with E-state index < -0.39 is 35.4 Å². The van der Waals surface area contributed by atoms with Crippen molar-refractivity contribution in [2.24, 2.45) is 0 Å². The molecule has 2 aromatic heterocycles. The van der Waals surface area contributed by atoms with Gasteiger partial charge in [-0.3, -0.25) is 9.72 Å². The van der Waals surface area contributed by atoms with E-state index in [0.717, 1.165) is 0 Å². The maximum absolute atomic E-state index is 14.0. The number of fused-ring (bicyclic) bond motifs is 1. The highest BCUT2D eigenvalue weighted by Crippen LogP contribution is 2.35. The molecule has 36 heavy (non-hydrogen) atoms. The third kappa shape index (κ3) is 5.29. The predicted molar refractivity (Wildman–Crippen MR) is 122 cm³/mol. The number of aromatic nitrogens is 2. The quantitative estimate of drug-likeness (QED) is 0.285. The Hall–Kier alpha value is -4.81. The van der Waals surface area contributed by atoms with Gasteiger partial charge in [0.05, 0.1) is 24.0 Å². The van der Waals surface area contributed by atoms with Crippen molar-refractivity contribution in [1.29, 1.82) is 0 Å². The third-order valence-electron chi connectivity index (χ3n) is 4.78. The largest absolute Gasteiger partial charge is 0.453 e. The molecule has 0 unspecified atom stereocenters. The van der Waals surface area contributed by atoms with Crippen molar-refractivity contribution >= 4 is 35.0 Å². The summed E-state index contributed by atoms with van der Waals surface area (Å²) in [6.07, 6.45) is -3.89. The molecule has 0 saturated carbocycles. The molecule has 9 nitrogen and oxygen atoms in total. The molecule has 3 N–H and O–H groups in total. The molecule has 186 valence electrons. The molecule has 13 heteroatoms. The highest BCUT2D eigenvalue weighted by atomic mass is 19.4. The van der Waals surface area contributed by atoms with Gasteiger partial charge < -0.3 is 20.1 Å². The molecule has 0 aliphatic carbocycles. The number of amides is 3. The lowest BCUT2D eigenvalue weighted by molar-refractivity contribution is -0.137. The van der Waals surface area contributed by atoms with Gasteiger partial charge in [0, 0.05) is 6.20 Å². The molecule has 0 saturated heterocycles. The molecule has 0 radical (unpaired) electrons. The van der Waals surface area contributed by atoms with Gasteiger partial charge in [0.15, 0.2) is 11.6 Å². The fourth-order valence-electron chi connectivity index (χ4n) is 3.14. The Bertz CT molecular complexity index is 1440. The van der Waals surface area contributed by atoms with E-state index in [1.165, 1.54) is 23.6 Å². The Morgan fingerprint density at radius 2 is 1.67 bits per heavy atom. The molecule has 0 bridgehead atoms. The summed E-state index contributed by atoms with van der Waals surface area (Å²) in [5, 5.41) is 6.91. The zero-order valence-corrected chi connectivity index (χ0v) is 18.4. The normalized spacial score (nSPS) is 11.1. The van der Waals surface area contributed by atoms with Crippen LogP contribution in [0.5, 0.6) is 11.6 Å². The van der Waals surface area contributed by atoms with Crippen LogP contribution in [0, 0.1) is 5.82 Å². The predicted octanol–water partition coefficient (Wildman–Crippen LogP) is 6.11. The van der Waals surface area contributed by atoms with Gasteiger partial charge in [-0.2, -0.15) is 13.2 Å². The van der Waals surface area contributed by atoms with Crippen LogP contribution in [-0.4, -0.2) is 28.6 Å². The second-order valence-electron chi connectivity index (χ2n) is 7.18. The van der Waals surface area contributed by atoms with Crippen LogP contribution < -0.4 is 20.7 Å². The van der Waals surface area contributed by atoms with Crippen LogP contribution in [0.4, 0.5) is 44.3 Å². The lowest BCUT2D eigenvalue weighted by Gasteiger charge is -2.14. The van der Waals surface area contributed by atoms with Gasteiger partial charge in [0.1, 0.15) is 11.5 Å². The van der Waals surface area contributed by atoms with E-state index in [1.807, 2.05) is 0 Å². The van der Waals surface area contributed by atoms with E-state index in [2.05, 4.69) is 25.7 Å². The summed E-state index contributed by atoms with van der Waals surface area (Å²) in [7, 11) is 1.18. The molecular formula is C23H17F4N5O4. The monoisotopic (exact) mass is 503 g/mol. The summed E-state index contributed by atoms with van der Waals surface area (Å²) >= 11 is 0. The van der Waals surface area contributed by atoms with E-state index in [0.29, 0.717) is 23.8 Å². The SMILES string of the molecule is COC(=O)Nc1nc2ccccn2c1Oc1ccccc1NC(=O)Nc1cc(C(F)(F)F)ccc1F. The van der Waals surface area contributed by atoms with Crippen molar-refractivity contribution in [1.82, 2.24) is 9.38 Å². The number of rotatable bonds is 5. The summed E-state index contributed by atoms with van der Waals surface area (Å²) in [6.45, 7) is 0. The van der Waals surface area contributed by atoms with Crippen molar-refractivity contribution in [2.45, 2.75) is 6.18 Å². The number of hydrogen-bond acceptors (Lipinski definition) is 5. The third-order valence-corrected chi connectivity index (χ3v) is 4.78. The zero-order valence-electron chi connectivity index (χ0n) is 18.4. The molecule has 3 amide bonds. The number of halogens is 4. The summed E-state index contributed by atoms with van der Waals surface area (Å²) in [4.78, 5) is 28.5. The molecule has 0 aliphatic rings. The number of para-hydroxylation sites is 2. The molecule has 4 aromatic rings. The first-order valence-corrected chi connectivity index (χ1v) is 10.2. The minimum absolute atomic E-state index is 0.0262. The van der Waals surface area contributed by atoms with Crippen LogP contribution in [0.2, 0.25) is 0 Å². The van der Waals surface area contributed by atoms with Crippen molar-refractivity contribution in [2.75, 3.05) is 23.1 Å². The number of carbonyl (C=O) groups excluding carboxylic acids is 2. The Balaban J connectivity index is 1.60. The summed E-state index contributed by atoms with van der Waals surface area (Å²) in [6, 6.07) is 11.8. The van der Waals surface area contributed by atoms with Crippen molar-refractivity contribution in [3.8, 4) is 11.6 Å². The van der Waals surface area contributed by atoms with Crippen molar-refractivity contribution < 1.29 is 36.6 Å². The van der Waals surface area contributed by atoms with E-state index in [9.17, 15) is 27.2 Å². The van der Waals surface area contributed by atoms with Gasteiger partial charge in [0.25, 0.3) is 0 Å². The fourth-order valence-corrected chi connectivity index (χ4v) is 3.14. The maximum Gasteiger partial charge on any atom is 0.416 e. The Labute approximate surface area is 200 Å². The molecule has 0 fully saturated rings. The highest BCUT2D eigenvalue weighted by molar-refractivity contribution is 6.00. The van der Waals surface area contributed by atoms with Crippen LogP contribution in [0.15, 0.2) is 66.9 Å². The van der Waals surface area contributed by atoms with Crippen LogP contribution in [0.1, 0.15) is 5.56 Å². The van der Waals surface area contributed by atoms with Gasteiger partial charge in [-0.1, -0.05) is 18.2 Å². The Morgan fingerprint density at radius 1 is 0.944 bits per heavy atom. The number of methoxy groups -OCH3 is 1. The average Bonchev–Trinajstić information content (AvgIpc) is 3.17. The molecule has 0 aliphatic heterocycles. The average molecular weight is 503 g/mol. The van der Waals surface area contributed by atoms with E-state index >= 15 is 0 Å². The van der Waals surface area contributed by atoms with E-state index in [1.54, 1.807) is 36.5 Å². The lowest BCUT2D eigenvalue weighted by Crippen LogP contribution is -2.21. The van der Waals surface area contributed by atoms with Gasteiger partial charge in [-0.15, -0.1) is 0 Å². The number of hydrogen-bond donors (Lipinski definition) is 3. The van der Waals surface area contributed by atoms with Crippen molar-refractivity contribution in [3.63, 3.8) is 0 Å². The topological polar surface area (TPSA) is 106 Å². The lowest BCUT2D eigenvalue weighted by atomic mass is 10.2. The summed E-state index contributed by atoms with van der Waals surface area (Å²) in [5.41, 5.74) is -1.26. The van der Waals surface area contributed by atoms with Crippen LogP contribution in [0.3, 0.4) is 0 Å². The number of nitrogens with zero attached hydrogens (tertiary/aromatic N) is 2. The first kappa shape index (κ1) is 24.3. The number of benzene rings is 2. The number of urea groups is 1. The number of nitrogens with one attached hydrogen (secondary N) is 3. The van der Waals surface area contributed by atoms with E-state index in [-0.39, 0.29) is 23.1 Å². The summed E-state index contributed by atoms with van der Waals surface area (Å²) in [5.74, 6) is -0.851. The smallest absolute Gasteiger partial charge is 0.416 e. The first-order chi connectivity index (χ1) is 17.2. The summed E-state index contributed by atoms with van der Waals surface area (Å²) < 4.78 is 65.0. The number of anilines is 3. The second-order valence-corrected chi connectivity index (χ2v) is 7.18. The zero-order chi connectivity index (χ0) is 25.9. The van der Waals surface area contributed by atoms with Gasteiger partial charge in [-0.25, -0.2) is 19.0 Å². The molecule has 0 atom stereocenters. The molecule has 4 rings (SSSR count). The van der Waals surface area contributed by atoms with Crippen LogP contribution >= 0.6 is 0 Å². The minimum atomic E-state index is -4.72. The number of alkyl halides is 3. The highest BCUT2D eigenvalue weighted by Gasteiger charge is 2.31. The van der Waals surface area contributed by atoms with Crippen molar-refractivity contribution in [3.05, 3.63) is 78.2 Å². The fraction of sp³-hybridized carbons (Fsp3) is 0.0870. The standard InChI is InChI=1S/C23H17F4N5O4/c1-35-22(34)31-19-20(32-11-5-4-8-18(32)30-19)36-17-7-3-2-6-15(17)28-21(33)29-16-12-13(23(25,26)27)9-10-14(16)24/h2-12H,1H3,(H,31,34)(H2,28,29,33). The van der Waals surface area contributed by atoms with Gasteiger partial charge in [0.2, 0.25) is 5.88 Å². The van der Waals surface area contributed by atoms with Crippen LogP contribution in [-0.2, 0) is 10.9 Å². The number of ether oxygens (including phenoxy) is 2. The first-order valence-electron chi connectivity index (χ1n) is 10.2. The van der Waals surface area contributed by atoms with Gasteiger partial charge >= 0.3 is 18.3 Å². The molecule has 2 heterocycles. The second kappa shape index (κ2) is 9.82. The number of pyridine rings is 1. The van der Waals surface area contributed by atoms with Crippen LogP contribution in [0.25, 0.3) is 5.65 Å². The number of imidazole rings is 1. The molecule has 2 aromatic carbocycles.